The van der Waals surface area contributed by atoms with E-state index in [2.05, 4.69) is 4.89 Å². The number of carbonyl (C=O) groups is 1. The Morgan fingerprint density at radius 2 is 2.25 bits per heavy atom. The number of rotatable bonds is 1. The summed E-state index contributed by atoms with van der Waals surface area (Å²) in [5.41, 5.74) is 0. The molecule has 0 aliphatic carbocycles. The summed E-state index contributed by atoms with van der Waals surface area (Å²) in [6, 6.07) is 0. The Labute approximate surface area is 22.7 Å². The van der Waals surface area contributed by atoms with Gasteiger partial charge in [-0.15, -0.1) is 0 Å². The van der Waals surface area contributed by atoms with Crippen molar-refractivity contribution in [2.24, 2.45) is 0 Å². The van der Waals surface area contributed by atoms with Crippen LogP contribution >= 0.6 is 0 Å². The molecule has 0 atom stereocenters. The third-order valence-corrected chi connectivity index (χ3v) is 0.0393. The maximum absolute atomic E-state index is 8.64. The fraction of sp³-hybridized carbons (Fsp3) is 0. The molecule has 1 radical (unpaired) electrons. The first kappa shape index (κ1) is 3.43. The summed E-state index contributed by atoms with van der Waals surface area (Å²) in [5, 5.41) is 8.43. The lowest BCUT2D eigenvalue weighted by Crippen LogP contribution is -1.66. The van der Waals surface area contributed by atoms with Gasteiger partial charge in [-0.3, -0.25) is 9.68 Å². The molecular weight excluding hydrogens is 64.0 g/mol. The molecule has 0 fully saturated rings. The number of carbonyl (C=O) groups excluding carboxylic acids is 1. The van der Waals surface area contributed by atoms with Gasteiger partial charge < -0.3 is 0 Å². The van der Waals surface area contributed by atoms with Crippen molar-refractivity contribution in [1.82, 2.24) is 0 Å². The van der Waals surface area contributed by atoms with Crippen molar-refractivity contribution >= 4 is 6.47 Å². The van der Waals surface area contributed by atoms with Crippen LogP contribution in [0.4, 0.5) is 0 Å². The van der Waals surface area contributed by atoms with Gasteiger partial charge in [0.2, 0.25) is 0 Å². The highest BCUT2D eigenvalue weighted by Crippen LogP contribution is 1.37. The van der Waals surface area contributed by atoms with Crippen molar-refractivity contribution in [3.8, 4) is 0 Å². The smallest absolute Gasteiger partial charge is 0.269 e. The summed E-state index contributed by atoms with van der Waals surface area (Å²) in [6.45, 7) is -0.181. The summed E-state index contributed by atoms with van der Waals surface area (Å²) < 4.78 is 0. The van der Waals surface area contributed by atoms with Gasteiger partial charge in [-0.2, -0.15) is 0 Å². The maximum atomic E-state index is 8.64. The minimum absolute atomic E-state index is 0.181. The van der Waals surface area contributed by atoms with Crippen LogP contribution in [-0.4, -0.2) is 6.47 Å². The van der Waals surface area contributed by atoms with Crippen LogP contribution < -0.4 is 0 Å². The van der Waals surface area contributed by atoms with Gasteiger partial charge in [-0.1, -0.05) is 0 Å². The SMILES string of the molecule is O=C[18O][18O]. The van der Waals surface area contributed by atoms with E-state index in [4.69, 9.17) is 10.1 Å². The topological polar surface area (TPSA) is 46.2 Å². The van der Waals surface area contributed by atoms with Crippen LogP contribution in [0.25, 0.3) is 0 Å². The Hall–Kier alpha value is -0.570. The van der Waals surface area contributed by atoms with E-state index in [0.29, 0.717) is 0 Å². The van der Waals surface area contributed by atoms with E-state index in [-0.39, 0.29) is 6.47 Å². The van der Waals surface area contributed by atoms with E-state index >= 15 is 0 Å². The molecule has 0 heterocycles. The lowest BCUT2D eigenvalue weighted by Gasteiger charge is -1.56. The monoisotopic (exact) mass is 65.0 g/mol. The zero-order valence-corrected chi connectivity index (χ0v) is 1.80. The highest BCUT2D eigenvalue weighted by Gasteiger charge is 1.52. The molecule has 0 aromatic heterocycles. The zero-order valence-electron chi connectivity index (χ0n) is 1.80. The highest BCUT2D eigenvalue weighted by atomic mass is 19.1. The van der Waals surface area contributed by atoms with Gasteiger partial charge >= 0.3 is 6.47 Å². The molecule has 0 aromatic rings. The summed E-state index contributed by atoms with van der Waals surface area (Å²) in [7, 11) is 0. The normalized spacial score (nSPS) is 5.25. The lowest BCUT2D eigenvalue weighted by atomic mass is 11.7. The van der Waals surface area contributed by atoms with E-state index in [1.807, 2.05) is 0 Å². The van der Waals surface area contributed by atoms with Crippen LogP contribution in [0.5, 0.6) is 0 Å². The molecule has 3 heteroatoms. The van der Waals surface area contributed by atoms with Crippen molar-refractivity contribution in [3.63, 3.8) is 0 Å². The molecule has 0 aliphatic heterocycles. The molecule has 0 saturated carbocycles. The highest BCUT2D eigenvalue weighted by molar-refractivity contribution is 5.35. The van der Waals surface area contributed by atoms with Crippen molar-refractivity contribution in [2.45, 2.75) is 0 Å². The molecule has 0 unspecified atom stereocenters. The minimum atomic E-state index is -0.181. The third kappa shape index (κ3) is 1.43. The quantitative estimate of drug-likeness (QED) is 0.179. The molecule has 0 saturated heterocycles. The van der Waals surface area contributed by atoms with Gasteiger partial charge in [0.05, 0.1) is 0 Å². The second-order valence-corrected chi connectivity index (χ2v) is 0.192. The first-order valence-corrected chi connectivity index (χ1v) is 0.638. The van der Waals surface area contributed by atoms with Crippen LogP contribution in [0.15, 0.2) is 0 Å². The van der Waals surface area contributed by atoms with Crippen LogP contribution in [0.1, 0.15) is 0 Å². The second-order valence-electron chi connectivity index (χ2n) is 0.192. The first-order chi connectivity index (χ1) is 1.91. The fourth-order valence-corrected chi connectivity index (χ4v) is 0. The summed E-state index contributed by atoms with van der Waals surface area (Å²) in [5.74, 6) is 0. The standard InChI is InChI=1S/CHO3/c2-1-4-3/h1H/i3+2,4+2. The van der Waals surface area contributed by atoms with Crippen molar-refractivity contribution in [3.05, 3.63) is 0 Å². The van der Waals surface area contributed by atoms with Gasteiger partial charge in [0.1, 0.15) is 0 Å². The van der Waals surface area contributed by atoms with Gasteiger partial charge in [-0.05, 0) is 0 Å². The molecule has 0 rings (SSSR count). The molecule has 4 heavy (non-hydrogen) atoms. The van der Waals surface area contributed by atoms with Gasteiger partial charge in [0, 0.05) is 5.26 Å². The largest absolute Gasteiger partial charge is 0.334 e. The predicted octanol–water partition coefficient (Wildman–Crippen LogP) is -0.495. The van der Waals surface area contributed by atoms with E-state index in [1.165, 1.54) is 0 Å². The van der Waals surface area contributed by atoms with E-state index < -0.39 is 0 Å². The van der Waals surface area contributed by atoms with Gasteiger partial charge in [-0.25, -0.2) is 0 Å². The minimum Gasteiger partial charge on any atom is -0.269 e. The summed E-state index contributed by atoms with van der Waals surface area (Å²) in [4.78, 5) is 11.2. The first-order valence-electron chi connectivity index (χ1n) is 0.638. The fourth-order valence-electron chi connectivity index (χ4n) is 0. The second kappa shape index (κ2) is 2.43. The summed E-state index contributed by atoms with van der Waals surface area (Å²) >= 11 is 0. The van der Waals surface area contributed by atoms with E-state index in [1.54, 1.807) is 0 Å². The maximum Gasteiger partial charge on any atom is 0.334 e. The predicted molar refractivity (Wildman–Crippen MR) is 7.84 cm³/mol. The number of hydrogen-bond acceptors (Lipinski definition) is 2. The molecule has 0 spiro atoms. The Morgan fingerprint density at radius 3 is 2.25 bits per heavy atom. The molecular formula is CHO3. The Balaban J connectivity index is 2.30. The third-order valence-electron chi connectivity index (χ3n) is 0.0393. The van der Waals surface area contributed by atoms with Crippen molar-refractivity contribution < 1.29 is 14.9 Å². The molecule has 0 bridgehead atoms. The van der Waals surface area contributed by atoms with Crippen molar-refractivity contribution in [2.75, 3.05) is 0 Å². The van der Waals surface area contributed by atoms with Crippen LogP contribution in [-0.2, 0) is 14.9 Å². The van der Waals surface area contributed by atoms with Crippen LogP contribution in [0, 0.1) is 0 Å². The van der Waals surface area contributed by atoms with Crippen molar-refractivity contribution in [1.29, 1.82) is 0 Å². The molecule has 3 nitrogen and oxygen atoms in total. The van der Waals surface area contributed by atoms with Crippen LogP contribution in [0.2, 0.25) is 0 Å². The molecule has 0 aliphatic rings. The van der Waals surface area contributed by atoms with E-state index in [9.17, 15) is 0 Å². The Bertz CT molecular complexity index is 17.2. The van der Waals surface area contributed by atoms with Gasteiger partial charge in [0.15, 0.2) is 0 Å². The average molecular weight is 65.0 g/mol. The Morgan fingerprint density at radius 1 is 2.00 bits per heavy atom. The zero-order chi connectivity index (χ0) is 3.41. The molecule has 0 aromatic carbocycles. The molecule has 23 valence electrons. The molecule has 0 N–H and O–H groups in total. The molecule has 0 amide bonds. The van der Waals surface area contributed by atoms with E-state index in [0.717, 1.165) is 0 Å². The average Bonchev–Trinajstić information content (AvgIpc) is 1.37. The Kier molecular flexibility index (Phi) is 2.08. The van der Waals surface area contributed by atoms with Gasteiger partial charge in [0.25, 0.3) is 0 Å². The lowest BCUT2D eigenvalue weighted by molar-refractivity contribution is -0.264. The summed E-state index contributed by atoms with van der Waals surface area (Å²) in [6.07, 6.45) is 0. The van der Waals surface area contributed by atoms with Crippen LogP contribution in [0.3, 0.4) is 0 Å². The number of hydrogen-bond donors (Lipinski definition) is 0.